The number of alkyl halides is 3. The van der Waals surface area contributed by atoms with E-state index in [1.54, 1.807) is 34.6 Å². The summed E-state index contributed by atoms with van der Waals surface area (Å²) in [6.45, 7) is 19.3. The fraction of sp³-hybridized carbons (Fsp3) is 0.688. The van der Waals surface area contributed by atoms with Crippen LogP contribution in [0.4, 0.5) is 4.79 Å². The summed E-state index contributed by atoms with van der Waals surface area (Å²) in [7, 11) is -2.16. The highest BCUT2D eigenvalue weighted by Gasteiger charge is 2.39. The van der Waals surface area contributed by atoms with Crippen LogP contribution in [0.1, 0.15) is 73.8 Å². The Morgan fingerprint density at radius 2 is 1.68 bits per heavy atom. The van der Waals surface area contributed by atoms with Crippen LogP contribution in [0.2, 0.25) is 18.1 Å². The molecule has 1 heterocycles. The molecule has 0 aromatic heterocycles. The monoisotopic (exact) mass is 736 g/mol. The van der Waals surface area contributed by atoms with Gasteiger partial charge in [0.15, 0.2) is 0 Å². The van der Waals surface area contributed by atoms with E-state index in [2.05, 4.69) is 49.9 Å². The zero-order chi connectivity index (χ0) is 36.0. The van der Waals surface area contributed by atoms with Crippen molar-refractivity contribution in [3.63, 3.8) is 0 Å². The predicted molar refractivity (Wildman–Crippen MR) is 187 cm³/mol. The number of carbonyl (C=O) groups excluding carboxylic acids is 4. The molecule has 15 heteroatoms. The van der Waals surface area contributed by atoms with E-state index in [4.69, 9.17) is 48.7 Å². The molecule has 1 aliphatic heterocycles. The number of hydrogen-bond donors (Lipinski definition) is 3. The molecule has 1 aromatic carbocycles. The number of hydrazine groups is 1. The van der Waals surface area contributed by atoms with Crippen LogP contribution >= 0.6 is 34.8 Å². The van der Waals surface area contributed by atoms with Crippen LogP contribution in [0, 0.1) is 5.92 Å². The van der Waals surface area contributed by atoms with Gasteiger partial charge in [0.25, 0.3) is 5.91 Å². The van der Waals surface area contributed by atoms with Crippen LogP contribution in [0.15, 0.2) is 24.3 Å². The number of amides is 3. The molecule has 11 nitrogen and oxygen atoms in total. The predicted octanol–water partition coefficient (Wildman–Crippen LogP) is 6.06. The maximum Gasteiger partial charge on any atom is 0.408 e. The molecule has 0 bridgehead atoms. The van der Waals surface area contributed by atoms with Gasteiger partial charge in [-0.2, -0.15) is 0 Å². The van der Waals surface area contributed by atoms with Crippen molar-refractivity contribution in [2.24, 2.45) is 5.92 Å². The zero-order valence-corrected chi connectivity index (χ0v) is 32.4. The standard InChI is InChI=1S/C32H51Cl3N4O7Si/c1-20(2)25(37-29(43)45-30(3,4)5)26(40)36-24(18-21-13-11-14-22(17-21)46-47(9,10)31(6,7)8)27(41)39-16-12-15-23(38-39)28(42)44-19-32(33,34)35/h11,13-14,17,20,23-25,38H,12,15-16,18-19H2,1-10H3,(H,36,40)(H,37,43)/t23-,24-,25?/m0/s1. The van der Waals surface area contributed by atoms with E-state index < -0.39 is 66.3 Å². The number of esters is 1. The molecule has 266 valence electrons. The van der Waals surface area contributed by atoms with Crippen molar-refractivity contribution in [3.05, 3.63) is 29.8 Å². The average molecular weight is 738 g/mol. The van der Waals surface area contributed by atoms with Crippen LogP contribution in [0.25, 0.3) is 0 Å². The Bertz CT molecular complexity index is 1260. The second-order valence-electron chi connectivity index (χ2n) is 14.7. The quantitative estimate of drug-likeness (QED) is 0.142. The van der Waals surface area contributed by atoms with Crippen molar-refractivity contribution in [2.45, 2.75) is 120 Å². The van der Waals surface area contributed by atoms with E-state index in [0.29, 0.717) is 18.6 Å². The first kappa shape index (κ1) is 40.9. The first-order chi connectivity index (χ1) is 21.4. The van der Waals surface area contributed by atoms with Crippen LogP contribution < -0.4 is 20.5 Å². The average Bonchev–Trinajstić information content (AvgIpc) is 2.91. The zero-order valence-electron chi connectivity index (χ0n) is 29.1. The van der Waals surface area contributed by atoms with Gasteiger partial charge in [-0.25, -0.2) is 10.2 Å². The molecule has 3 amide bonds. The third kappa shape index (κ3) is 13.6. The molecule has 2 rings (SSSR count). The molecule has 1 aromatic rings. The molecule has 1 fully saturated rings. The number of ether oxygens (including phenoxy) is 2. The van der Waals surface area contributed by atoms with E-state index in [9.17, 15) is 19.2 Å². The summed E-state index contributed by atoms with van der Waals surface area (Å²) in [5.74, 6) is -1.37. The van der Waals surface area contributed by atoms with Crippen LogP contribution in [0.3, 0.4) is 0 Å². The number of nitrogens with one attached hydrogen (secondary N) is 3. The summed E-state index contributed by atoms with van der Waals surface area (Å²) < 4.78 is 15.2. The number of carbonyl (C=O) groups is 4. The highest BCUT2D eigenvalue weighted by molar-refractivity contribution is 6.74. The van der Waals surface area contributed by atoms with Gasteiger partial charge >= 0.3 is 12.1 Å². The summed E-state index contributed by atoms with van der Waals surface area (Å²) in [6.07, 6.45) is 0.231. The molecule has 47 heavy (non-hydrogen) atoms. The maximum absolute atomic E-state index is 14.1. The smallest absolute Gasteiger partial charge is 0.408 e. The Balaban J connectivity index is 2.36. The van der Waals surface area contributed by atoms with E-state index >= 15 is 0 Å². The number of alkyl carbamates (subject to hydrolysis) is 1. The van der Waals surface area contributed by atoms with Gasteiger partial charge in [0.05, 0.1) is 0 Å². The van der Waals surface area contributed by atoms with Gasteiger partial charge in [0.2, 0.25) is 18.0 Å². The summed E-state index contributed by atoms with van der Waals surface area (Å²) in [4.78, 5) is 53.1. The lowest BCUT2D eigenvalue weighted by molar-refractivity contribution is -0.153. The number of hydrogen-bond acceptors (Lipinski definition) is 8. The van der Waals surface area contributed by atoms with Crippen molar-refractivity contribution in [3.8, 4) is 5.75 Å². The van der Waals surface area contributed by atoms with Crippen LogP contribution in [-0.2, 0) is 30.3 Å². The molecule has 0 spiro atoms. The highest BCUT2D eigenvalue weighted by atomic mass is 35.6. The number of benzene rings is 1. The van der Waals surface area contributed by atoms with Gasteiger partial charge in [-0.3, -0.25) is 19.4 Å². The minimum atomic E-state index is -2.16. The number of nitrogens with zero attached hydrogens (tertiary/aromatic N) is 1. The lowest BCUT2D eigenvalue weighted by Gasteiger charge is -2.36. The van der Waals surface area contributed by atoms with E-state index in [-0.39, 0.29) is 23.9 Å². The highest BCUT2D eigenvalue weighted by Crippen LogP contribution is 2.37. The first-order valence-electron chi connectivity index (χ1n) is 15.8. The number of halogens is 3. The Morgan fingerprint density at radius 1 is 1.04 bits per heavy atom. The molecule has 0 aliphatic carbocycles. The van der Waals surface area contributed by atoms with Crippen LogP contribution in [0.5, 0.6) is 5.75 Å². The first-order valence-corrected chi connectivity index (χ1v) is 19.8. The fourth-order valence-corrected chi connectivity index (χ4v) is 5.59. The van der Waals surface area contributed by atoms with Crippen molar-refractivity contribution in [2.75, 3.05) is 13.2 Å². The summed E-state index contributed by atoms with van der Waals surface area (Å²) in [5, 5.41) is 6.76. The molecule has 3 atom stereocenters. The molecule has 1 unspecified atom stereocenters. The lowest BCUT2D eigenvalue weighted by atomic mass is 10.0. The van der Waals surface area contributed by atoms with Gasteiger partial charge in [0.1, 0.15) is 36.1 Å². The van der Waals surface area contributed by atoms with Crippen molar-refractivity contribution in [1.29, 1.82) is 0 Å². The van der Waals surface area contributed by atoms with E-state index in [0.717, 1.165) is 5.56 Å². The summed E-state index contributed by atoms with van der Waals surface area (Å²) in [5.41, 5.74) is 2.90. The van der Waals surface area contributed by atoms with Crippen LogP contribution in [-0.4, -0.2) is 77.9 Å². The molecular formula is C32H51Cl3N4O7Si. The van der Waals surface area contributed by atoms with Gasteiger partial charge in [0, 0.05) is 13.0 Å². The fourth-order valence-electron chi connectivity index (χ4n) is 4.41. The van der Waals surface area contributed by atoms with Crippen molar-refractivity contribution in [1.82, 2.24) is 21.1 Å². The Hall–Kier alpha value is -2.25. The minimum absolute atomic E-state index is 0.0289. The molecule has 1 saturated heterocycles. The topological polar surface area (TPSA) is 135 Å². The second kappa shape index (κ2) is 16.4. The summed E-state index contributed by atoms with van der Waals surface area (Å²) in [6, 6.07) is 4.51. The molecular weight excluding hydrogens is 687 g/mol. The van der Waals surface area contributed by atoms with Gasteiger partial charge < -0.3 is 24.5 Å². The third-order valence-electron chi connectivity index (χ3n) is 7.87. The lowest BCUT2D eigenvalue weighted by Crippen LogP contribution is -2.62. The molecule has 1 aliphatic rings. The Kier molecular flexibility index (Phi) is 14.3. The van der Waals surface area contributed by atoms with E-state index in [1.807, 2.05) is 24.3 Å². The molecule has 0 saturated carbocycles. The van der Waals surface area contributed by atoms with Crippen molar-refractivity contribution < 1.29 is 33.1 Å². The summed E-state index contributed by atoms with van der Waals surface area (Å²) >= 11 is 17.2. The van der Waals surface area contributed by atoms with Crippen molar-refractivity contribution >= 4 is 67.0 Å². The Morgan fingerprint density at radius 3 is 2.23 bits per heavy atom. The maximum atomic E-state index is 14.1. The minimum Gasteiger partial charge on any atom is -0.543 e. The van der Waals surface area contributed by atoms with Gasteiger partial charge in [-0.1, -0.05) is 81.6 Å². The van der Waals surface area contributed by atoms with E-state index in [1.165, 1.54) is 5.01 Å². The number of rotatable bonds is 11. The molecule has 3 N–H and O–H groups in total. The Labute approximate surface area is 295 Å². The largest absolute Gasteiger partial charge is 0.543 e. The normalized spacial score (nSPS) is 17.4. The third-order valence-corrected chi connectivity index (χ3v) is 12.6. The SMILES string of the molecule is CC(C)C(NC(=O)OC(C)(C)C)C(=O)N[C@@H](Cc1cccc(O[Si](C)(C)C(C)(C)C)c1)C(=O)N1CCC[C@@H](C(=O)OCC(Cl)(Cl)Cl)N1. The molecule has 0 radical (unpaired) electrons. The van der Waals surface area contributed by atoms with Gasteiger partial charge in [-0.15, -0.1) is 0 Å². The second-order valence-corrected chi connectivity index (χ2v) is 21.9. The van der Waals surface area contributed by atoms with Gasteiger partial charge in [-0.05, 0) is 75.4 Å².